The number of rotatable bonds is 6. The number of aliphatic hydroxyl groups excluding tert-OH is 1. The van der Waals surface area contributed by atoms with E-state index in [0.29, 0.717) is 13.1 Å². The van der Waals surface area contributed by atoms with Gasteiger partial charge < -0.3 is 5.11 Å². The van der Waals surface area contributed by atoms with E-state index in [0.717, 1.165) is 6.54 Å². The zero-order valence-electron chi connectivity index (χ0n) is 7.53. The van der Waals surface area contributed by atoms with Crippen molar-refractivity contribution in [2.24, 2.45) is 5.92 Å². The first-order valence-corrected chi connectivity index (χ1v) is 4.08. The van der Waals surface area contributed by atoms with Crippen molar-refractivity contribution in [2.45, 2.75) is 6.92 Å². The van der Waals surface area contributed by atoms with Crippen LogP contribution in [0.15, 0.2) is 12.7 Å². The van der Waals surface area contributed by atoms with Gasteiger partial charge in [0.15, 0.2) is 0 Å². The van der Waals surface area contributed by atoms with E-state index in [1.54, 1.807) is 6.08 Å². The third-order valence-corrected chi connectivity index (χ3v) is 1.56. The average molecular weight is 168 g/mol. The lowest BCUT2D eigenvalue weighted by Crippen LogP contribution is -2.31. The van der Waals surface area contributed by atoms with Crippen LogP contribution in [0.4, 0.5) is 0 Å². The molecule has 0 rings (SSSR count). The summed E-state index contributed by atoms with van der Waals surface area (Å²) in [6, 6.07) is 2.15. The summed E-state index contributed by atoms with van der Waals surface area (Å²) in [5, 5.41) is 17.2. The Morgan fingerprint density at radius 3 is 2.83 bits per heavy atom. The zero-order chi connectivity index (χ0) is 9.40. The molecular weight excluding hydrogens is 152 g/mol. The van der Waals surface area contributed by atoms with Gasteiger partial charge in [-0.2, -0.15) is 5.26 Å². The van der Waals surface area contributed by atoms with Crippen LogP contribution in [0.25, 0.3) is 0 Å². The molecule has 0 heterocycles. The van der Waals surface area contributed by atoms with Crippen molar-refractivity contribution in [2.75, 3.05) is 26.2 Å². The van der Waals surface area contributed by atoms with Crippen molar-refractivity contribution in [1.82, 2.24) is 4.90 Å². The summed E-state index contributed by atoms with van der Waals surface area (Å²) in [5.41, 5.74) is 0. The van der Waals surface area contributed by atoms with Crippen molar-refractivity contribution >= 4 is 0 Å². The smallest absolute Gasteiger partial charge is 0.0666 e. The Hall–Kier alpha value is -0.850. The van der Waals surface area contributed by atoms with Crippen LogP contribution in [0.1, 0.15) is 6.92 Å². The molecule has 0 aliphatic heterocycles. The van der Waals surface area contributed by atoms with Crippen LogP contribution in [-0.4, -0.2) is 36.2 Å². The summed E-state index contributed by atoms with van der Waals surface area (Å²) < 4.78 is 0. The fourth-order valence-electron chi connectivity index (χ4n) is 1.01. The molecule has 0 saturated heterocycles. The summed E-state index contributed by atoms with van der Waals surface area (Å²) in [4.78, 5) is 2.00. The average Bonchev–Trinajstić information content (AvgIpc) is 2.05. The number of hydrogen-bond acceptors (Lipinski definition) is 3. The SMILES string of the molecule is C=CCN(CCO)CC(C)C#N. The Bertz CT molecular complexity index is 162. The van der Waals surface area contributed by atoms with Gasteiger partial charge in [-0.25, -0.2) is 0 Å². The van der Waals surface area contributed by atoms with Crippen LogP contribution in [0, 0.1) is 17.2 Å². The molecule has 3 nitrogen and oxygen atoms in total. The largest absolute Gasteiger partial charge is 0.395 e. The molecule has 0 bridgehead atoms. The maximum Gasteiger partial charge on any atom is 0.0666 e. The number of hydrogen-bond donors (Lipinski definition) is 1. The van der Waals surface area contributed by atoms with Gasteiger partial charge in [0.05, 0.1) is 18.6 Å². The maximum absolute atomic E-state index is 8.69. The quantitative estimate of drug-likeness (QED) is 0.592. The van der Waals surface area contributed by atoms with Crippen molar-refractivity contribution in [1.29, 1.82) is 5.26 Å². The molecule has 0 spiro atoms. The summed E-state index contributed by atoms with van der Waals surface area (Å²) in [6.45, 7) is 7.64. The van der Waals surface area contributed by atoms with Crippen LogP contribution in [0.5, 0.6) is 0 Å². The van der Waals surface area contributed by atoms with Crippen LogP contribution in [0.2, 0.25) is 0 Å². The second kappa shape index (κ2) is 6.84. The zero-order valence-corrected chi connectivity index (χ0v) is 7.53. The lowest BCUT2D eigenvalue weighted by Gasteiger charge is -2.20. The minimum absolute atomic E-state index is 0.0106. The van der Waals surface area contributed by atoms with E-state index in [2.05, 4.69) is 12.6 Å². The summed E-state index contributed by atoms with van der Waals surface area (Å²) in [7, 11) is 0. The van der Waals surface area contributed by atoms with Gasteiger partial charge in [-0.15, -0.1) is 6.58 Å². The molecule has 0 aliphatic rings. The third kappa shape index (κ3) is 4.89. The molecule has 3 heteroatoms. The highest BCUT2D eigenvalue weighted by Crippen LogP contribution is 1.97. The molecule has 0 aromatic carbocycles. The first kappa shape index (κ1) is 11.2. The summed E-state index contributed by atoms with van der Waals surface area (Å²) in [6.07, 6.45) is 1.78. The molecule has 0 aromatic rings. The van der Waals surface area contributed by atoms with Crippen LogP contribution in [-0.2, 0) is 0 Å². The fourth-order valence-corrected chi connectivity index (χ4v) is 1.01. The molecule has 0 saturated carbocycles. The molecule has 1 N–H and O–H groups in total. The van der Waals surface area contributed by atoms with E-state index in [1.165, 1.54) is 0 Å². The van der Waals surface area contributed by atoms with Gasteiger partial charge in [0.2, 0.25) is 0 Å². The highest BCUT2D eigenvalue weighted by atomic mass is 16.3. The Morgan fingerprint density at radius 2 is 2.42 bits per heavy atom. The molecular formula is C9H16N2O. The number of aliphatic hydroxyl groups is 1. The highest BCUT2D eigenvalue weighted by Gasteiger charge is 2.06. The monoisotopic (exact) mass is 168 g/mol. The molecule has 68 valence electrons. The molecule has 0 amide bonds. The molecule has 0 radical (unpaired) electrons. The standard InChI is InChI=1S/C9H16N2O/c1-3-4-11(5-6-12)8-9(2)7-10/h3,9,12H,1,4-6,8H2,2H3. The van der Waals surface area contributed by atoms with Gasteiger partial charge in [0.1, 0.15) is 0 Å². The van der Waals surface area contributed by atoms with E-state index in [4.69, 9.17) is 10.4 Å². The highest BCUT2D eigenvalue weighted by molar-refractivity contribution is 4.83. The van der Waals surface area contributed by atoms with E-state index < -0.39 is 0 Å². The first-order valence-electron chi connectivity index (χ1n) is 4.08. The molecule has 0 aliphatic carbocycles. The van der Waals surface area contributed by atoms with Gasteiger partial charge in [-0.1, -0.05) is 6.08 Å². The minimum Gasteiger partial charge on any atom is -0.395 e. The van der Waals surface area contributed by atoms with Crippen molar-refractivity contribution in [3.8, 4) is 6.07 Å². The van der Waals surface area contributed by atoms with Crippen molar-refractivity contribution < 1.29 is 5.11 Å². The Labute approximate surface area is 73.9 Å². The molecule has 0 aromatic heterocycles. The lowest BCUT2D eigenvalue weighted by molar-refractivity contribution is 0.200. The topological polar surface area (TPSA) is 47.3 Å². The van der Waals surface area contributed by atoms with Gasteiger partial charge in [0.25, 0.3) is 0 Å². The van der Waals surface area contributed by atoms with E-state index >= 15 is 0 Å². The second-order valence-corrected chi connectivity index (χ2v) is 2.80. The Balaban J connectivity index is 3.78. The van der Waals surface area contributed by atoms with E-state index in [9.17, 15) is 0 Å². The molecule has 0 fully saturated rings. The number of nitriles is 1. The van der Waals surface area contributed by atoms with Crippen molar-refractivity contribution in [3.63, 3.8) is 0 Å². The predicted octanol–water partition coefficient (Wildman–Crippen LogP) is 0.626. The Morgan fingerprint density at radius 1 is 1.75 bits per heavy atom. The minimum atomic E-state index is 0.0106. The van der Waals surface area contributed by atoms with Crippen LogP contribution < -0.4 is 0 Å². The number of nitrogens with zero attached hydrogens (tertiary/aromatic N) is 2. The first-order chi connectivity index (χ1) is 5.74. The van der Waals surface area contributed by atoms with Crippen LogP contribution >= 0.6 is 0 Å². The normalized spacial score (nSPS) is 12.5. The van der Waals surface area contributed by atoms with Gasteiger partial charge in [-0.3, -0.25) is 4.90 Å². The Kier molecular flexibility index (Phi) is 6.35. The van der Waals surface area contributed by atoms with Crippen LogP contribution in [0.3, 0.4) is 0 Å². The summed E-state index contributed by atoms with van der Waals surface area (Å²) in [5.74, 6) is 0.0106. The third-order valence-electron chi connectivity index (χ3n) is 1.56. The van der Waals surface area contributed by atoms with E-state index in [1.807, 2.05) is 11.8 Å². The lowest BCUT2D eigenvalue weighted by atomic mass is 10.2. The fraction of sp³-hybridized carbons (Fsp3) is 0.667. The molecule has 1 unspecified atom stereocenters. The molecule has 12 heavy (non-hydrogen) atoms. The van der Waals surface area contributed by atoms with Gasteiger partial charge in [0, 0.05) is 19.6 Å². The van der Waals surface area contributed by atoms with E-state index in [-0.39, 0.29) is 12.5 Å². The summed E-state index contributed by atoms with van der Waals surface area (Å²) >= 11 is 0. The maximum atomic E-state index is 8.69. The predicted molar refractivity (Wildman–Crippen MR) is 48.5 cm³/mol. The van der Waals surface area contributed by atoms with Crippen molar-refractivity contribution in [3.05, 3.63) is 12.7 Å². The second-order valence-electron chi connectivity index (χ2n) is 2.80. The molecule has 1 atom stereocenters. The van der Waals surface area contributed by atoms with Gasteiger partial charge in [-0.05, 0) is 6.92 Å². The van der Waals surface area contributed by atoms with Gasteiger partial charge >= 0.3 is 0 Å².